The summed E-state index contributed by atoms with van der Waals surface area (Å²) >= 11 is 0. The standard InChI is InChI=1S/C20H27N5O2/c1-21-18-6-3-7-19(22-18)24-10-8-17(9-11-24)27-20(26)25-14-12-23(13-15-25)16-4-2-5-16/h3,6-7,16-17H,2,4-5,8-15H2. The molecule has 144 valence electrons. The van der Waals surface area contributed by atoms with Gasteiger partial charge in [0.2, 0.25) is 5.82 Å². The third-order valence-electron chi connectivity index (χ3n) is 6.03. The van der Waals surface area contributed by atoms with Crippen LogP contribution in [-0.4, -0.2) is 72.3 Å². The Bertz CT molecular complexity index is 699. The molecular formula is C20H27N5O2. The zero-order valence-corrected chi connectivity index (χ0v) is 15.7. The molecule has 1 aromatic rings. The van der Waals surface area contributed by atoms with Crippen molar-refractivity contribution in [3.8, 4) is 0 Å². The normalized spacial score (nSPS) is 22.2. The lowest BCUT2D eigenvalue weighted by molar-refractivity contribution is 0.0230. The monoisotopic (exact) mass is 369 g/mol. The predicted molar refractivity (Wildman–Crippen MR) is 103 cm³/mol. The quantitative estimate of drug-likeness (QED) is 0.767. The third-order valence-corrected chi connectivity index (χ3v) is 6.03. The molecule has 0 aromatic carbocycles. The van der Waals surface area contributed by atoms with Gasteiger partial charge in [-0.15, -0.1) is 4.98 Å². The van der Waals surface area contributed by atoms with Crippen molar-refractivity contribution in [1.29, 1.82) is 0 Å². The molecule has 2 aliphatic heterocycles. The van der Waals surface area contributed by atoms with Crippen molar-refractivity contribution in [2.75, 3.05) is 44.2 Å². The van der Waals surface area contributed by atoms with Gasteiger partial charge in [0.15, 0.2) is 0 Å². The third kappa shape index (κ3) is 4.16. The fourth-order valence-electron chi connectivity index (χ4n) is 4.09. The minimum atomic E-state index is -0.158. The Kier molecular flexibility index (Phi) is 5.44. The van der Waals surface area contributed by atoms with Crippen LogP contribution in [0.4, 0.5) is 16.4 Å². The Morgan fingerprint density at radius 2 is 1.81 bits per heavy atom. The number of hydrogen-bond acceptors (Lipinski definition) is 5. The van der Waals surface area contributed by atoms with Gasteiger partial charge in [-0.2, -0.15) is 0 Å². The Morgan fingerprint density at radius 3 is 2.44 bits per heavy atom. The molecule has 27 heavy (non-hydrogen) atoms. The lowest BCUT2D eigenvalue weighted by Crippen LogP contribution is -2.54. The number of aromatic nitrogens is 1. The number of piperidine rings is 1. The molecule has 7 heteroatoms. The first-order chi connectivity index (χ1) is 13.2. The summed E-state index contributed by atoms with van der Waals surface area (Å²) in [6.45, 7) is 12.2. The highest BCUT2D eigenvalue weighted by molar-refractivity contribution is 5.68. The average molecular weight is 369 g/mol. The van der Waals surface area contributed by atoms with Gasteiger partial charge in [-0.1, -0.05) is 19.1 Å². The number of piperazine rings is 1. The molecule has 1 aromatic heterocycles. The zero-order chi connectivity index (χ0) is 18.6. The lowest BCUT2D eigenvalue weighted by atomic mass is 9.91. The topological polar surface area (TPSA) is 53.3 Å². The Hall–Kier alpha value is -2.33. The molecule has 0 spiro atoms. The van der Waals surface area contributed by atoms with Crippen molar-refractivity contribution in [2.45, 2.75) is 44.2 Å². The van der Waals surface area contributed by atoms with Crippen LogP contribution in [0.25, 0.3) is 4.85 Å². The molecule has 1 aliphatic carbocycles. The van der Waals surface area contributed by atoms with Crippen molar-refractivity contribution < 1.29 is 9.53 Å². The summed E-state index contributed by atoms with van der Waals surface area (Å²) in [6.07, 6.45) is 5.41. The highest BCUT2D eigenvalue weighted by Crippen LogP contribution is 2.26. The van der Waals surface area contributed by atoms with Crippen LogP contribution in [0.15, 0.2) is 18.2 Å². The van der Waals surface area contributed by atoms with E-state index in [1.54, 1.807) is 6.07 Å². The molecule has 0 unspecified atom stereocenters. The van der Waals surface area contributed by atoms with Gasteiger partial charge >= 0.3 is 6.09 Å². The fraction of sp³-hybridized carbons (Fsp3) is 0.650. The molecule has 1 saturated carbocycles. The van der Waals surface area contributed by atoms with Crippen LogP contribution in [0, 0.1) is 6.57 Å². The fourth-order valence-corrected chi connectivity index (χ4v) is 4.09. The summed E-state index contributed by atoms with van der Waals surface area (Å²) in [7, 11) is 0. The van der Waals surface area contributed by atoms with Gasteiger partial charge in [0.05, 0.1) is 0 Å². The second-order valence-electron chi connectivity index (χ2n) is 7.64. The van der Waals surface area contributed by atoms with Crippen LogP contribution >= 0.6 is 0 Å². The minimum absolute atomic E-state index is 0.0255. The second-order valence-corrected chi connectivity index (χ2v) is 7.64. The smallest absolute Gasteiger partial charge is 0.410 e. The Morgan fingerprint density at radius 1 is 1.07 bits per heavy atom. The maximum atomic E-state index is 12.5. The summed E-state index contributed by atoms with van der Waals surface area (Å²) in [4.78, 5) is 26.8. The molecule has 3 fully saturated rings. The number of hydrogen-bond donors (Lipinski definition) is 0. The number of ether oxygens (including phenoxy) is 1. The molecule has 7 nitrogen and oxygen atoms in total. The summed E-state index contributed by atoms with van der Waals surface area (Å²) in [5.41, 5.74) is 0. The van der Waals surface area contributed by atoms with Gasteiger partial charge < -0.3 is 19.4 Å². The van der Waals surface area contributed by atoms with Crippen LogP contribution in [-0.2, 0) is 4.74 Å². The van der Waals surface area contributed by atoms with Crippen LogP contribution < -0.4 is 4.90 Å². The maximum absolute atomic E-state index is 12.5. The largest absolute Gasteiger partial charge is 0.446 e. The van der Waals surface area contributed by atoms with Gasteiger partial charge in [-0.25, -0.2) is 4.79 Å². The molecule has 3 aliphatic rings. The van der Waals surface area contributed by atoms with E-state index in [4.69, 9.17) is 11.3 Å². The second kappa shape index (κ2) is 8.13. The summed E-state index contributed by atoms with van der Waals surface area (Å²) < 4.78 is 5.77. The van der Waals surface area contributed by atoms with Gasteiger partial charge in [-0.05, 0) is 18.9 Å². The molecule has 0 radical (unpaired) electrons. The molecule has 0 N–H and O–H groups in total. The van der Waals surface area contributed by atoms with Crippen LogP contribution in [0.5, 0.6) is 0 Å². The summed E-state index contributed by atoms with van der Waals surface area (Å²) in [6, 6.07) is 6.27. The number of anilines is 1. The van der Waals surface area contributed by atoms with Crippen LogP contribution in [0.2, 0.25) is 0 Å². The molecule has 0 bridgehead atoms. The van der Waals surface area contributed by atoms with Crippen LogP contribution in [0.3, 0.4) is 0 Å². The van der Waals surface area contributed by atoms with Crippen molar-refractivity contribution in [1.82, 2.24) is 14.8 Å². The van der Waals surface area contributed by atoms with Crippen molar-refractivity contribution >= 4 is 17.7 Å². The van der Waals surface area contributed by atoms with E-state index >= 15 is 0 Å². The molecule has 3 heterocycles. The van der Waals surface area contributed by atoms with Gasteiger partial charge in [-0.3, -0.25) is 4.90 Å². The van der Waals surface area contributed by atoms with Gasteiger partial charge in [0.1, 0.15) is 6.10 Å². The average Bonchev–Trinajstić information content (AvgIpc) is 2.68. The van der Waals surface area contributed by atoms with E-state index in [2.05, 4.69) is 19.6 Å². The van der Waals surface area contributed by atoms with Crippen molar-refractivity contribution in [2.24, 2.45) is 0 Å². The number of nitrogens with zero attached hydrogens (tertiary/aromatic N) is 5. The number of amides is 1. The first-order valence-corrected chi connectivity index (χ1v) is 10.0. The van der Waals surface area contributed by atoms with E-state index in [1.165, 1.54) is 19.3 Å². The first kappa shape index (κ1) is 18.1. The SMILES string of the molecule is [C-]#[N+]c1cccc(N2CCC(OC(=O)N3CCN(C4CCC4)CC3)CC2)n1. The zero-order valence-electron chi connectivity index (χ0n) is 15.7. The molecule has 0 atom stereocenters. The lowest BCUT2D eigenvalue weighted by Gasteiger charge is -2.43. The number of rotatable bonds is 3. The number of carbonyl (C=O) groups is 1. The molecule has 1 amide bonds. The summed E-state index contributed by atoms with van der Waals surface area (Å²) in [5.74, 6) is 1.25. The Balaban J connectivity index is 1.22. The Labute approximate surface area is 160 Å². The minimum Gasteiger partial charge on any atom is -0.446 e. The van der Waals surface area contributed by atoms with Crippen molar-refractivity contribution in [3.05, 3.63) is 29.6 Å². The molecular weight excluding hydrogens is 342 g/mol. The number of carbonyl (C=O) groups excluding carboxylic acids is 1. The molecule has 4 rings (SSSR count). The van der Waals surface area contributed by atoms with Gasteiger partial charge in [0, 0.05) is 64.2 Å². The van der Waals surface area contributed by atoms with E-state index in [-0.39, 0.29) is 12.2 Å². The van der Waals surface area contributed by atoms with Gasteiger partial charge in [0.25, 0.3) is 5.82 Å². The first-order valence-electron chi connectivity index (χ1n) is 10.0. The van der Waals surface area contributed by atoms with Crippen LogP contribution in [0.1, 0.15) is 32.1 Å². The predicted octanol–water partition coefficient (Wildman–Crippen LogP) is 2.91. The maximum Gasteiger partial charge on any atom is 0.410 e. The highest BCUT2D eigenvalue weighted by Gasteiger charge is 2.31. The van der Waals surface area contributed by atoms with Crippen molar-refractivity contribution in [3.63, 3.8) is 0 Å². The highest BCUT2D eigenvalue weighted by atomic mass is 16.6. The van der Waals surface area contributed by atoms with E-state index in [9.17, 15) is 4.79 Å². The van der Waals surface area contributed by atoms with E-state index in [0.29, 0.717) is 5.82 Å². The van der Waals surface area contributed by atoms with E-state index < -0.39 is 0 Å². The summed E-state index contributed by atoms with van der Waals surface area (Å²) in [5, 5.41) is 0. The van der Waals surface area contributed by atoms with E-state index in [0.717, 1.165) is 64.0 Å². The number of pyridine rings is 1. The van der Waals surface area contributed by atoms with E-state index in [1.807, 2.05) is 17.0 Å². The molecule has 2 saturated heterocycles.